The summed E-state index contributed by atoms with van der Waals surface area (Å²) in [5.41, 5.74) is 5.75. The van der Waals surface area contributed by atoms with E-state index in [4.69, 9.17) is 29.7 Å². The Morgan fingerprint density at radius 2 is 0.880 bits per heavy atom. The van der Waals surface area contributed by atoms with Crippen molar-refractivity contribution in [3.63, 3.8) is 0 Å². The van der Waals surface area contributed by atoms with Crippen LogP contribution in [0.3, 0.4) is 0 Å². The third-order valence-corrected chi connectivity index (χ3v) is 2.71. The standard InChI is InChI=1S/C13H10.3C2H4O2/c1-3-7-12-10(5-1)9-11-6-2-4-8-13(11)12;3*1-2(3)4/h1-8H,9H2;3*1H3,(H,3,4). The Balaban J connectivity index is 0.000000403. The smallest absolute Gasteiger partial charge is 0.300 e. The molecule has 6 nitrogen and oxygen atoms in total. The molecule has 0 aliphatic heterocycles. The molecule has 0 saturated heterocycles. The number of benzene rings is 2. The van der Waals surface area contributed by atoms with E-state index < -0.39 is 17.9 Å². The van der Waals surface area contributed by atoms with E-state index in [-0.39, 0.29) is 0 Å². The van der Waals surface area contributed by atoms with Crippen molar-refractivity contribution in [2.45, 2.75) is 27.2 Å². The molecule has 2 aromatic rings. The molecule has 1 aliphatic rings. The summed E-state index contributed by atoms with van der Waals surface area (Å²) < 4.78 is 0. The van der Waals surface area contributed by atoms with Gasteiger partial charge in [-0.2, -0.15) is 0 Å². The molecular formula is C19H22O6. The first kappa shape index (κ1) is 21.9. The average molecular weight is 346 g/mol. The predicted molar refractivity (Wildman–Crippen MR) is 94.6 cm³/mol. The van der Waals surface area contributed by atoms with Crippen molar-refractivity contribution in [1.29, 1.82) is 0 Å². The van der Waals surface area contributed by atoms with Crippen molar-refractivity contribution < 1.29 is 29.7 Å². The molecule has 0 heterocycles. The molecule has 6 heteroatoms. The SMILES string of the molecule is CC(=O)O.CC(=O)O.CC(=O)O.c1ccc2c(c1)Cc1ccccc1-2. The highest BCUT2D eigenvalue weighted by molar-refractivity contribution is 5.76. The number of fused-ring (bicyclic) bond motifs is 3. The number of rotatable bonds is 0. The number of carboxylic acids is 3. The van der Waals surface area contributed by atoms with Gasteiger partial charge in [0.25, 0.3) is 17.9 Å². The normalized spacial score (nSPS) is 9.40. The molecule has 134 valence electrons. The van der Waals surface area contributed by atoms with Crippen LogP contribution in [0.1, 0.15) is 31.9 Å². The summed E-state index contributed by atoms with van der Waals surface area (Å²) in [6.07, 6.45) is 1.10. The van der Waals surface area contributed by atoms with Gasteiger partial charge in [0.15, 0.2) is 0 Å². The fourth-order valence-corrected chi connectivity index (χ4v) is 2.08. The van der Waals surface area contributed by atoms with Crippen LogP contribution < -0.4 is 0 Å². The zero-order chi connectivity index (χ0) is 19.4. The fourth-order valence-electron chi connectivity index (χ4n) is 2.08. The minimum absolute atomic E-state index is 0.833. The number of hydrogen-bond acceptors (Lipinski definition) is 3. The second kappa shape index (κ2) is 11.4. The lowest BCUT2D eigenvalue weighted by atomic mass is 10.1. The van der Waals surface area contributed by atoms with Crippen LogP contribution in [0, 0.1) is 0 Å². The van der Waals surface area contributed by atoms with Gasteiger partial charge in [0.1, 0.15) is 0 Å². The second-order valence-electron chi connectivity index (χ2n) is 5.05. The Morgan fingerprint density at radius 1 is 0.640 bits per heavy atom. The van der Waals surface area contributed by atoms with E-state index in [0.29, 0.717) is 0 Å². The Kier molecular flexibility index (Phi) is 9.96. The van der Waals surface area contributed by atoms with Gasteiger partial charge in [-0.05, 0) is 28.7 Å². The van der Waals surface area contributed by atoms with Crippen LogP contribution in [0.25, 0.3) is 11.1 Å². The van der Waals surface area contributed by atoms with Gasteiger partial charge in [-0.25, -0.2) is 0 Å². The number of carboxylic acid groups (broad SMARTS) is 3. The molecular weight excluding hydrogens is 324 g/mol. The van der Waals surface area contributed by atoms with Crippen molar-refractivity contribution >= 4 is 17.9 Å². The molecule has 0 radical (unpaired) electrons. The van der Waals surface area contributed by atoms with Crippen LogP contribution in [0.5, 0.6) is 0 Å². The predicted octanol–water partition coefficient (Wildman–Crippen LogP) is 3.53. The van der Waals surface area contributed by atoms with Gasteiger partial charge in [-0.15, -0.1) is 0 Å². The van der Waals surface area contributed by atoms with Gasteiger partial charge in [-0.3, -0.25) is 14.4 Å². The van der Waals surface area contributed by atoms with E-state index in [0.717, 1.165) is 27.2 Å². The van der Waals surface area contributed by atoms with Crippen LogP contribution in [-0.2, 0) is 20.8 Å². The maximum Gasteiger partial charge on any atom is 0.300 e. The van der Waals surface area contributed by atoms with E-state index in [9.17, 15) is 0 Å². The number of carbonyl (C=O) groups is 3. The van der Waals surface area contributed by atoms with Gasteiger partial charge >= 0.3 is 0 Å². The lowest BCUT2D eigenvalue weighted by Crippen LogP contribution is -1.78. The molecule has 1 aliphatic carbocycles. The quantitative estimate of drug-likeness (QED) is 0.574. The third kappa shape index (κ3) is 10.3. The Bertz CT molecular complexity index is 637. The van der Waals surface area contributed by atoms with E-state index in [1.54, 1.807) is 0 Å². The van der Waals surface area contributed by atoms with Crippen LogP contribution >= 0.6 is 0 Å². The first-order valence-electron chi connectivity index (χ1n) is 7.40. The van der Waals surface area contributed by atoms with E-state index >= 15 is 0 Å². The van der Waals surface area contributed by atoms with E-state index in [2.05, 4.69) is 48.5 Å². The first-order chi connectivity index (χ1) is 11.6. The number of aliphatic carboxylic acids is 3. The Labute approximate surface area is 146 Å². The summed E-state index contributed by atoms with van der Waals surface area (Å²) >= 11 is 0. The van der Waals surface area contributed by atoms with Crippen molar-refractivity contribution in [1.82, 2.24) is 0 Å². The zero-order valence-corrected chi connectivity index (χ0v) is 14.4. The highest BCUT2D eigenvalue weighted by atomic mass is 16.4. The second-order valence-corrected chi connectivity index (χ2v) is 5.05. The molecule has 0 bridgehead atoms. The lowest BCUT2D eigenvalue weighted by molar-refractivity contribution is -0.135. The maximum atomic E-state index is 9.00. The maximum absolute atomic E-state index is 9.00. The van der Waals surface area contributed by atoms with Crippen molar-refractivity contribution in [3.05, 3.63) is 59.7 Å². The van der Waals surface area contributed by atoms with Gasteiger partial charge in [0.05, 0.1) is 0 Å². The van der Waals surface area contributed by atoms with Crippen molar-refractivity contribution in [2.24, 2.45) is 0 Å². The fraction of sp³-hybridized carbons (Fsp3) is 0.211. The van der Waals surface area contributed by atoms with Crippen LogP contribution in [-0.4, -0.2) is 33.2 Å². The van der Waals surface area contributed by atoms with Crippen LogP contribution in [0.2, 0.25) is 0 Å². The van der Waals surface area contributed by atoms with Crippen LogP contribution in [0.15, 0.2) is 48.5 Å². The zero-order valence-electron chi connectivity index (χ0n) is 14.4. The molecule has 3 N–H and O–H groups in total. The van der Waals surface area contributed by atoms with Gasteiger partial charge in [0.2, 0.25) is 0 Å². The van der Waals surface area contributed by atoms with E-state index in [1.807, 2.05) is 0 Å². The van der Waals surface area contributed by atoms with Gasteiger partial charge in [0, 0.05) is 20.8 Å². The summed E-state index contributed by atoms with van der Waals surface area (Å²) in [6.45, 7) is 3.25. The van der Waals surface area contributed by atoms with Crippen LogP contribution in [0.4, 0.5) is 0 Å². The van der Waals surface area contributed by atoms with E-state index in [1.165, 1.54) is 22.3 Å². The Morgan fingerprint density at radius 3 is 1.16 bits per heavy atom. The monoisotopic (exact) mass is 346 g/mol. The molecule has 0 amide bonds. The molecule has 3 rings (SSSR count). The van der Waals surface area contributed by atoms with Gasteiger partial charge < -0.3 is 15.3 Å². The molecule has 0 atom stereocenters. The summed E-state index contributed by atoms with van der Waals surface area (Å²) in [5, 5.41) is 22.2. The topological polar surface area (TPSA) is 112 Å². The lowest BCUT2D eigenvalue weighted by Gasteiger charge is -1.98. The minimum Gasteiger partial charge on any atom is -0.481 e. The highest BCUT2D eigenvalue weighted by Gasteiger charge is 2.15. The summed E-state index contributed by atoms with van der Waals surface area (Å²) in [7, 11) is 0. The van der Waals surface area contributed by atoms with Crippen molar-refractivity contribution in [3.8, 4) is 11.1 Å². The minimum atomic E-state index is -0.833. The molecule has 0 aromatic heterocycles. The molecule has 0 unspecified atom stereocenters. The highest BCUT2D eigenvalue weighted by Crippen LogP contribution is 2.35. The molecule has 2 aromatic carbocycles. The third-order valence-electron chi connectivity index (χ3n) is 2.71. The molecule has 25 heavy (non-hydrogen) atoms. The molecule has 0 saturated carbocycles. The summed E-state index contributed by atoms with van der Waals surface area (Å²) in [4.78, 5) is 27.0. The summed E-state index contributed by atoms with van der Waals surface area (Å²) in [6, 6.07) is 17.3. The van der Waals surface area contributed by atoms with Gasteiger partial charge in [-0.1, -0.05) is 48.5 Å². The largest absolute Gasteiger partial charge is 0.481 e. The molecule has 0 fully saturated rings. The van der Waals surface area contributed by atoms with Crippen molar-refractivity contribution in [2.75, 3.05) is 0 Å². The average Bonchev–Trinajstić information content (AvgIpc) is 2.84. The molecule has 0 spiro atoms. The Hall–Kier alpha value is -3.15. The first-order valence-corrected chi connectivity index (χ1v) is 7.40. The summed E-state index contributed by atoms with van der Waals surface area (Å²) in [5.74, 6) is -2.50. The number of hydrogen-bond donors (Lipinski definition) is 3.